The number of nitrogens with one attached hydrogen (secondary N) is 1. The Labute approximate surface area is 195 Å². The van der Waals surface area contributed by atoms with Gasteiger partial charge in [0.2, 0.25) is 5.91 Å². The van der Waals surface area contributed by atoms with Crippen molar-refractivity contribution < 1.29 is 4.79 Å². The molecule has 7 nitrogen and oxygen atoms in total. The van der Waals surface area contributed by atoms with E-state index in [1.807, 2.05) is 24.3 Å². The monoisotopic (exact) mass is 449 g/mol. The van der Waals surface area contributed by atoms with Gasteiger partial charge in [0.05, 0.1) is 11.0 Å². The van der Waals surface area contributed by atoms with Crippen molar-refractivity contribution in [2.45, 2.75) is 45.9 Å². The minimum absolute atomic E-state index is 0.0394. The number of benzene rings is 2. The second-order valence-electron chi connectivity index (χ2n) is 9.00. The molecule has 33 heavy (non-hydrogen) atoms. The van der Waals surface area contributed by atoms with Crippen molar-refractivity contribution >= 4 is 16.9 Å². The van der Waals surface area contributed by atoms with E-state index in [-0.39, 0.29) is 18.0 Å². The third-order valence-corrected chi connectivity index (χ3v) is 6.42. The fourth-order valence-corrected chi connectivity index (χ4v) is 4.53. The Morgan fingerprint density at radius 1 is 0.909 bits per heavy atom. The van der Waals surface area contributed by atoms with E-state index in [4.69, 9.17) is 0 Å². The predicted molar refractivity (Wildman–Crippen MR) is 132 cm³/mol. The molecule has 1 aromatic heterocycles. The van der Waals surface area contributed by atoms with E-state index in [1.54, 1.807) is 9.13 Å². The Hall–Kier alpha value is -2.90. The SMILES string of the molecule is CCCn1c(=O)n(CCC(=O)NCc2cccc(CN3CCN(C)CC3)c2)c2ccccc21. The van der Waals surface area contributed by atoms with Crippen LogP contribution in [0.25, 0.3) is 11.0 Å². The van der Waals surface area contributed by atoms with Crippen LogP contribution in [0.3, 0.4) is 0 Å². The van der Waals surface area contributed by atoms with Gasteiger partial charge in [-0.05, 0) is 36.7 Å². The highest BCUT2D eigenvalue weighted by Crippen LogP contribution is 2.14. The number of likely N-dealkylation sites (N-methyl/N-ethyl adjacent to an activating group) is 1. The quantitative estimate of drug-likeness (QED) is 0.546. The maximum Gasteiger partial charge on any atom is 0.329 e. The van der Waals surface area contributed by atoms with Gasteiger partial charge < -0.3 is 10.2 Å². The molecule has 2 heterocycles. The lowest BCUT2D eigenvalue weighted by atomic mass is 10.1. The van der Waals surface area contributed by atoms with Gasteiger partial charge in [-0.15, -0.1) is 0 Å². The van der Waals surface area contributed by atoms with Crippen LogP contribution in [0.5, 0.6) is 0 Å². The summed E-state index contributed by atoms with van der Waals surface area (Å²) in [7, 11) is 2.17. The third kappa shape index (κ3) is 5.72. The van der Waals surface area contributed by atoms with Crippen LogP contribution in [-0.2, 0) is 31.0 Å². The van der Waals surface area contributed by atoms with Gasteiger partial charge in [-0.2, -0.15) is 0 Å². The van der Waals surface area contributed by atoms with Crippen molar-refractivity contribution in [3.8, 4) is 0 Å². The number of piperazine rings is 1. The van der Waals surface area contributed by atoms with Crippen molar-refractivity contribution in [3.05, 3.63) is 70.1 Å². The van der Waals surface area contributed by atoms with Gasteiger partial charge >= 0.3 is 5.69 Å². The Morgan fingerprint density at radius 2 is 1.58 bits per heavy atom. The average Bonchev–Trinajstić information content (AvgIpc) is 3.09. The van der Waals surface area contributed by atoms with Gasteiger partial charge in [0.1, 0.15) is 0 Å². The number of hydrogen-bond acceptors (Lipinski definition) is 4. The molecule has 1 fully saturated rings. The fraction of sp³-hybridized carbons (Fsp3) is 0.462. The Bertz CT molecular complexity index is 1140. The van der Waals surface area contributed by atoms with Crippen LogP contribution in [0.1, 0.15) is 30.9 Å². The van der Waals surface area contributed by atoms with Gasteiger partial charge in [0.15, 0.2) is 0 Å². The number of aryl methyl sites for hydroxylation is 2. The molecule has 4 rings (SSSR count). The lowest BCUT2D eigenvalue weighted by Gasteiger charge is -2.32. The Morgan fingerprint density at radius 3 is 2.27 bits per heavy atom. The first kappa shape index (κ1) is 23.3. The largest absolute Gasteiger partial charge is 0.352 e. The topological polar surface area (TPSA) is 62.5 Å². The van der Waals surface area contributed by atoms with Gasteiger partial charge in [-0.1, -0.05) is 43.3 Å². The molecule has 1 amide bonds. The second-order valence-corrected chi connectivity index (χ2v) is 9.00. The lowest BCUT2D eigenvalue weighted by molar-refractivity contribution is -0.121. The first-order valence-corrected chi connectivity index (χ1v) is 12.0. The van der Waals surface area contributed by atoms with Gasteiger partial charge in [-0.25, -0.2) is 4.79 Å². The van der Waals surface area contributed by atoms with E-state index in [0.717, 1.165) is 55.7 Å². The number of fused-ring (bicyclic) bond motifs is 1. The highest BCUT2D eigenvalue weighted by Gasteiger charge is 2.15. The number of aromatic nitrogens is 2. The maximum atomic E-state index is 12.9. The molecule has 0 radical (unpaired) electrons. The Balaban J connectivity index is 1.32. The van der Waals surface area contributed by atoms with Gasteiger partial charge in [0.25, 0.3) is 0 Å². The molecular formula is C26H35N5O2. The zero-order valence-corrected chi connectivity index (χ0v) is 19.8. The minimum atomic E-state index is -0.0429. The molecular weight excluding hydrogens is 414 g/mol. The van der Waals surface area contributed by atoms with Crippen molar-refractivity contribution in [1.82, 2.24) is 24.3 Å². The number of nitrogens with zero attached hydrogens (tertiary/aromatic N) is 4. The number of carbonyl (C=O) groups excluding carboxylic acids is 1. The number of amides is 1. The fourth-order valence-electron chi connectivity index (χ4n) is 4.53. The van der Waals surface area contributed by atoms with Gasteiger partial charge in [-0.3, -0.25) is 18.8 Å². The summed E-state index contributed by atoms with van der Waals surface area (Å²) < 4.78 is 3.53. The smallest absolute Gasteiger partial charge is 0.329 e. The van der Waals surface area contributed by atoms with E-state index in [0.29, 0.717) is 19.6 Å². The predicted octanol–water partition coefficient (Wildman–Crippen LogP) is 2.67. The molecule has 0 unspecified atom stereocenters. The van der Waals surface area contributed by atoms with Crippen LogP contribution in [0.15, 0.2) is 53.3 Å². The summed E-state index contributed by atoms with van der Waals surface area (Å²) in [6.07, 6.45) is 1.17. The Kier molecular flexibility index (Phi) is 7.62. The summed E-state index contributed by atoms with van der Waals surface area (Å²) in [5.41, 5.74) is 4.16. The highest BCUT2D eigenvalue weighted by molar-refractivity contribution is 5.78. The molecule has 1 aliphatic heterocycles. The first-order valence-electron chi connectivity index (χ1n) is 12.0. The molecule has 176 valence electrons. The zero-order chi connectivity index (χ0) is 23.2. The minimum Gasteiger partial charge on any atom is -0.352 e. The molecule has 0 spiro atoms. The maximum absolute atomic E-state index is 12.9. The van der Waals surface area contributed by atoms with Crippen LogP contribution in [0.4, 0.5) is 0 Å². The molecule has 1 N–H and O–H groups in total. The molecule has 0 bridgehead atoms. The summed E-state index contributed by atoms with van der Waals surface area (Å²) in [5.74, 6) is -0.0429. The van der Waals surface area contributed by atoms with E-state index in [1.165, 1.54) is 5.56 Å². The standard InChI is InChI=1S/C26H35N5O2/c1-3-12-30-23-9-4-5-10-24(23)31(26(30)33)13-11-25(32)27-19-21-7-6-8-22(18-21)20-29-16-14-28(2)15-17-29/h4-10,18H,3,11-17,19-20H2,1-2H3,(H,27,32). The summed E-state index contributed by atoms with van der Waals surface area (Å²) in [6.45, 7) is 8.96. The van der Waals surface area contributed by atoms with E-state index >= 15 is 0 Å². The average molecular weight is 450 g/mol. The van der Waals surface area contributed by atoms with Crippen molar-refractivity contribution in [2.24, 2.45) is 0 Å². The molecule has 7 heteroatoms. The molecule has 2 aromatic carbocycles. The van der Waals surface area contributed by atoms with E-state index in [2.05, 4.69) is 53.4 Å². The zero-order valence-electron chi connectivity index (χ0n) is 19.8. The lowest BCUT2D eigenvalue weighted by Crippen LogP contribution is -2.43. The summed E-state index contributed by atoms with van der Waals surface area (Å²) >= 11 is 0. The van der Waals surface area contributed by atoms with Crippen molar-refractivity contribution in [3.63, 3.8) is 0 Å². The van der Waals surface area contributed by atoms with E-state index < -0.39 is 0 Å². The number of para-hydroxylation sites is 2. The third-order valence-electron chi connectivity index (χ3n) is 6.42. The number of carbonyl (C=O) groups is 1. The molecule has 1 saturated heterocycles. The summed E-state index contributed by atoms with van der Waals surface area (Å²) in [4.78, 5) is 30.3. The van der Waals surface area contributed by atoms with Crippen LogP contribution in [0.2, 0.25) is 0 Å². The molecule has 1 aliphatic rings. The van der Waals surface area contributed by atoms with Gasteiger partial charge in [0, 0.05) is 58.8 Å². The van der Waals surface area contributed by atoms with Crippen molar-refractivity contribution in [2.75, 3.05) is 33.2 Å². The second kappa shape index (κ2) is 10.8. The molecule has 0 saturated carbocycles. The number of hydrogen-bond donors (Lipinski definition) is 1. The van der Waals surface area contributed by atoms with Crippen LogP contribution < -0.4 is 11.0 Å². The number of imidazole rings is 1. The normalized spacial score (nSPS) is 15.2. The molecule has 0 aliphatic carbocycles. The molecule has 3 aromatic rings. The van der Waals surface area contributed by atoms with Crippen molar-refractivity contribution in [1.29, 1.82) is 0 Å². The highest BCUT2D eigenvalue weighted by atomic mass is 16.2. The van der Waals surface area contributed by atoms with E-state index in [9.17, 15) is 9.59 Å². The van der Waals surface area contributed by atoms with Crippen LogP contribution in [-0.4, -0.2) is 58.1 Å². The summed E-state index contributed by atoms with van der Waals surface area (Å²) in [6, 6.07) is 16.3. The first-order chi connectivity index (χ1) is 16.0. The van der Waals surface area contributed by atoms with Crippen LogP contribution >= 0.6 is 0 Å². The van der Waals surface area contributed by atoms with Crippen LogP contribution in [0, 0.1) is 0 Å². The summed E-state index contributed by atoms with van der Waals surface area (Å²) in [5, 5.41) is 3.02. The number of rotatable bonds is 9. The molecule has 0 atom stereocenters.